The fourth-order valence-corrected chi connectivity index (χ4v) is 3.16. The van der Waals surface area contributed by atoms with E-state index >= 15 is 0 Å². The van der Waals surface area contributed by atoms with Crippen LogP contribution < -0.4 is 5.32 Å². The minimum Gasteiger partial charge on any atom is -0.481 e. The van der Waals surface area contributed by atoms with Gasteiger partial charge in [-0.25, -0.2) is 0 Å². The molecular formula is C16H19NO2S. The van der Waals surface area contributed by atoms with Crippen molar-refractivity contribution < 1.29 is 9.90 Å². The van der Waals surface area contributed by atoms with Gasteiger partial charge in [-0.1, -0.05) is 24.3 Å². The lowest BCUT2D eigenvalue weighted by molar-refractivity contribution is -0.136. The first-order valence-electron chi connectivity index (χ1n) is 6.64. The molecule has 1 aromatic carbocycles. The Hall–Kier alpha value is -1.65. The van der Waals surface area contributed by atoms with E-state index in [-0.39, 0.29) is 12.5 Å². The Balaban J connectivity index is 1.93. The van der Waals surface area contributed by atoms with Crippen molar-refractivity contribution in [3.63, 3.8) is 0 Å². The van der Waals surface area contributed by atoms with E-state index in [0.29, 0.717) is 0 Å². The summed E-state index contributed by atoms with van der Waals surface area (Å²) in [5, 5.41) is 12.3. The lowest BCUT2D eigenvalue weighted by atomic mass is 10.0. The van der Waals surface area contributed by atoms with Crippen LogP contribution in [0.25, 0.3) is 0 Å². The number of thiophene rings is 1. The molecule has 0 saturated carbocycles. The van der Waals surface area contributed by atoms with Crippen LogP contribution in [0.4, 0.5) is 0 Å². The molecule has 4 heteroatoms. The average molecular weight is 289 g/mol. The topological polar surface area (TPSA) is 49.3 Å². The molecule has 0 saturated heterocycles. The molecule has 0 spiro atoms. The molecule has 0 aliphatic carbocycles. The van der Waals surface area contributed by atoms with Gasteiger partial charge in [0.25, 0.3) is 0 Å². The molecule has 2 N–H and O–H groups in total. The van der Waals surface area contributed by atoms with Crippen LogP contribution >= 0.6 is 11.3 Å². The lowest BCUT2D eigenvalue weighted by Gasteiger charge is -2.15. The summed E-state index contributed by atoms with van der Waals surface area (Å²) in [6, 6.07) is 12.5. The van der Waals surface area contributed by atoms with Gasteiger partial charge < -0.3 is 10.4 Å². The van der Waals surface area contributed by atoms with Crippen molar-refractivity contribution in [1.29, 1.82) is 0 Å². The SMILES string of the molecule is Cc1ccccc1[C@@H](C)NCc1ccc(CC(=O)O)s1. The minimum atomic E-state index is -0.778. The van der Waals surface area contributed by atoms with Gasteiger partial charge in [0.15, 0.2) is 0 Å². The van der Waals surface area contributed by atoms with Gasteiger partial charge in [-0.15, -0.1) is 11.3 Å². The molecule has 0 aliphatic rings. The second-order valence-corrected chi connectivity index (χ2v) is 6.15. The van der Waals surface area contributed by atoms with E-state index in [0.717, 1.165) is 11.4 Å². The van der Waals surface area contributed by atoms with Crippen LogP contribution in [0.15, 0.2) is 36.4 Å². The van der Waals surface area contributed by atoms with Crippen molar-refractivity contribution in [2.45, 2.75) is 32.9 Å². The number of carboxylic acid groups (broad SMARTS) is 1. The summed E-state index contributed by atoms with van der Waals surface area (Å²) in [7, 11) is 0. The first-order valence-corrected chi connectivity index (χ1v) is 7.46. The second-order valence-electron chi connectivity index (χ2n) is 4.90. The molecule has 2 rings (SSSR count). The van der Waals surface area contributed by atoms with E-state index in [1.165, 1.54) is 16.0 Å². The maximum absolute atomic E-state index is 10.7. The van der Waals surface area contributed by atoms with Gasteiger partial charge in [0.05, 0.1) is 6.42 Å². The third kappa shape index (κ3) is 3.92. The highest BCUT2D eigenvalue weighted by Crippen LogP contribution is 2.20. The third-order valence-electron chi connectivity index (χ3n) is 3.28. The van der Waals surface area contributed by atoms with Crippen molar-refractivity contribution in [2.24, 2.45) is 0 Å². The number of aliphatic carboxylic acids is 1. The molecule has 0 radical (unpaired) electrons. The van der Waals surface area contributed by atoms with Crippen molar-refractivity contribution in [2.75, 3.05) is 0 Å². The molecule has 0 bridgehead atoms. The maximum atomic E-state index is 10.7. The molecule has 106 valence electrons. The summed E-state index contributed by atoms with van der Waals surface area (Å²) >= 11 is 1.56. The number of rotatable bonds is 6. The second kappa shape index (κ2) is 6.68. The molecule has 2 aromatic rings. The van der Waals surface area contributed by atoms with Gasteiger partial charge in [0, 0.05) is 22.3 Å². The normalized spacial score (nSPS) is 12.3. The lowest BCUT2D eigenvalue weighted by Crippen LogP contribution is -2.18. The van der Waals surface area contributed by atoms with Gasteiger partial charge in [-0.2, -0.15) is 0 Å². The van der Waals surface area contributed by atoms with Crippen LogP contribution in [-0.4, -0.2) is 11.1 Å². The Morgan fingerprint density at radius 1 is 1.25 bits per heavy atom. The highest BCUT2D eigenvalue weighted by atomic mass is 32.1. The predicted molar refractivity (Wildman–Crippen MR) is 82.1 cm³/mol. The smallest absolute Gasteiger partial charge is 0.308 e. The van der Waals surface area contributed by atoms with Gasteiger partial charge in [-0.3, -0.25) is 4.79 Å². The number of nitrogens with one attached hydrogen (secondary N) is 1. The zero-order valence-corrected chi connectivity index (χ0v) is 12.5. The Bertz CT molecular complexity index is 592. The summed E-state index contributed by atoms with van der Waals surface area (Å²) in [4.78, 5) is 12.7. The maximum Gasteiger partial charge on any atom is 0.308 e. The highest BCUT2D eigenvalue weighted by molar-refractivity contribution is 7.12. The molecule has 20 heavy (non-hydrogen) atoms. The molecular weight excluding hydrogens is 270 g/mol. The summed E-state index contributed by atoms with van der Waals surface area (Å²) in [5.74, 6) is -0.778. The summed E-state index contributed by atoms with van der Waals surface area (Å²) in [6.45, 7) is 5.03. The van der Waals surface area contributed by atoms with Gasteiger partial charge in [-0.05, 0) is 37.1 Å². The fraction of sp³-hybridized carbons (Fsp3) is 0.312. The van der Waals surface area contributed by atoms with Crippen molar-refractivity contribution in [1.82, 2.24) is 5.32 Å². The fourth-order valence-electron chi connectivity index (χ4n) is 2.20. The molecule has 1 heterocycles. The number of hydrogen-bond acceptors (Lipinski definition) is 3. The average Bonchev–Trinajstić information content (AvgIpc) is 2.83. The van der Waals surface area contributed by atoms with E-state index < -0.39 is 5.97 Å². The van der Waals surface area contributed by atoms with Crippen LogP contribution in [0.5, 0.6) is 0 Å². The van der Waals surface area contributed by atoms with E-state index in [9.17, 15) is 4.79 Å². The van der Waals surface area contributed by atoms with Crippen molar-refractivity contribution in [3.05, 3.63) is 57.3 Å². The Labute approximate surface area is 123 Å². The Morgan fingerprint density at radius 3 is 2.65 bits per heavy atom. The quantitative estimate of drug-likeness (QED) is 0.855. The highest BCUT2D eigenvalue weighted by Gasteiger charge is 2.09. The molecule has 3 nitrogen and oxygen atoms in total. The van der Waals surface area contributed by atoms with Crippen LogP contribution in [0.1, 0.15) is 33.8 Å². The minimum absolute atomic E-state index is 0.109. The van der Waals surface area contributed by atoms with Crippen molar-refractivity contribution in [3.8, 4) is 0 Å². The molecule has 0 aliphatic heterocycles. The number of aryl methyl sites for hydroxylation is 1. The predicted octanol–water partition coefficient (Wildman–Crippen LogP) is 3.53. The zero-order chi connectivity index (χ0) is 14.5. The van der Waals surface area contributed by atoms with Crippen LogP contribution in [-0.2, 0) is 17.8 Å². The monoisotopic (exact) mass is 289 g/mol. The standard InChI is InChI=1S/C16H19NO2S/c1-11-5-3-4-6-15(11)12(2)17-10-14-8-7-13(20-14)9-16(18)19/h3-8,12,17H,9-10H2,1-2H3,(H,18,19)/t12-/m1/s1. The number of carboxylic acids is 1. The first-order chi connectivity index (χ1) is 9.56. The van der Waals surface area contributed by atoms with Crippen LogP contribution in [0, 0.1) is 6.92 Å². The molecule has 1 aromatic heterocycles. The zero-order valence-electron chi connectivity index (χ0n) is 11.7. The van der Waals surface area contributed by atoms with E-state index in [1.807, 2.05) is 18.2 Å². The largest absolute Gasteiger partial charge is 0.481 e. The number of carbonyl (C=O) groups is 1. The molecule has 0 amide bonds. The van der Waals surface area contributed by atoms with Crippen LogP contribution in [0.3, 0.4) is 0 Å². The van der Waals surface area contributed by atoms with Gasteiger partial charge in [0.1, 0.15) is 0 Å². The summed E-state index contributed by atoms with van der Waals surface area (Å²) in [6.07, 6.45) is 0.109. The molecule has 0 fully saturated rings. The third-order valence-corrected chi connectivity index (χ3v) is 4.37. The molecule has 0 unspecified atom stereocenters. The van der Waals surface area contributed by atoms with Crippen LogP contribution in [0.2, 0.25) is 0 Å². The van der Waals surface area contributed by atoms with E-state index in [4.69, 9.17) is 5.11 Å². The Morgan fingerprint density at radius 2 is 1.95 bits per heavy atom. The number of benzene rings is 1. The summed E-state index contributed by atoms with van der Waals surface area (Å²) < 4.78 is 0. The number of hydrogen-bond donors (Lipinski definition) is 2. The van der Waals surface area contributed by atoms with Gasteiger partial charge >= 0.3 is 5.97 Å². The van der Waals surface area contributed by atoms with Crippen molar-refractivity contribution >= 4 is 17.3 Å². The Kier molecular flexibility index (Phi) is 4.93. The summed E-state index contributed by atoms with van der Waals surface area (Å²) in [5.41, 5.74) is 2.58. The van der Waals surface area contributed by atoms with E-state index in [1.54, 1.807) is 11.3 Å². The first kappa shape index (κ1) is 14.8. The van der Waals surface area contributed by atoms with E-state index in [2.05, 4.69) is 37.4 Å². The van der Waals surface area contributed by atoms with Gasteiger partial charge in [0.2, 0.25) is 0 Å². The molecule has 1 atom stereocenters.